The van der Waals surface area contributed by atoms with Gasteiger partial charge in [0.1, 0.15) is 4.90 Å². The van der Waals surface area contributed by atoms with Gasteiger partial charge in [-0.05, 0) is 25.1 Å². The Morgan fingerprint density at radius 2 is 1.64 bits per heavy atom. The number of nitrogens with zero attached hydrogens (tertiary/aromatic N) is 1. The Kier molecular flexibility index (Phi) is 7.35. The number of ketones is 1. The van der Waals surface area contributed by atoms with Gasteiger partial charge in [-0.1, -0.05) is 55.8 Å². The second-order valence-electron chi connectivity index (χ2n) is 6.01. The number of halogens is 1. The minimum Gasteiger partial charge on any atom is -0.451 e. The first-order valence-electron chi connectivity index (χ1n) is 8.82. The molecule has 0 aliphatic rings. The zero-order valence-electron chi connectivity index (χ0n) is 15.9. The maximum absolute atomic E-state index is 12.7. The van der Waals surface area contributed by atoms with E-state index in [0.29, 0.717) is 5.56 Å². The van der Waals surface area contributed by atoms with E-state index in [1.807, 2.05) is 0 Å². The fourth-order valence-electron chi connectivity index (χ4n) is 2.65. The van der Waals surface area contributed by atoms with Gasteiger partial charge >= 0.3 is 5.97 Å². The molecule has 2 rings (SSSR count). The third-order valence-electron chi connectivity index (χ3n) is 4.20. The first-order valence-corrected chi connectivity index (χ1v) is 10.6. The smallest absolute Gasteiger partial charge is 0.338 e. The van der Waals surface area contributed by atoms with E-state index >= 15 is 0 Å². The third kappa shape index (κ3) is 4.79. The molecule has 0 heterocycles. The van der Waals surface area contributed by atoms with E-state index in [4.69, 9.17) is 16.3 Å². The van der Waals surface area contributed by atoms with E-state index in [1.165, 1.54) is 29.4 Å². The second-order valence-corrected chi connectivity index (χ2v) is 8.33. The standard InChI is InChI=1S/C20H22ClNO5S/c1-4-22(5-2)28(25,26)18-13-16(11-12-17(18)21)20(24)27-14(3)19(23)15-9-7-6-8-10-15/h6-14H,4-5H2,1-3H3. The number of hydrogen-bond donors (Lipinski definition) is 0. The van der Waals surface area contributed by atoms with Gasteiger partial charge in [-0.2, -0.15) is 4.31 Å². The number of benzene rings is 2. The number of rotatable bonds is 8. The van der Waals surface area contributed by atoms with Gasteiger partial charge in [-0.15, -0.1) is 0 Å². The molecular weight excluding hydrogens is 402 g/mol. The lowest BCUT2D eigenvalue weighted by Crippen LogP contribution is -2.31. The Bertz CT molecular complexity index is 956. The summed E-state index contributed by atoms with van der Waals surface area (Å²) in [4.78, 5) is 24.7. The van der Waals surface area contributed by atoms with Crippen LogP contribution in [0.4, 0.5) is 0 Å². The molecule has 0 saturated heterocycles. The van der Waals surface area contributed by atoms with E-state index in [9.17, 15) is 18.0 Å². The van der Waals surface area contributed by atoms with Crippen molar-refractivity contribution in [1.29, 1.82) is 0 Å². The number of sulfonamides is 1. The van der Waals surface area contributed by atoms with Crippen LogP contribution in [0.25, 0.3) is 0 Å². The van der Waals surface area contributed by atoms with Crippen LogP contribution in [0.5, 0.6) is 0 Å². The van der Waals surface area contributed by atoms with Gasteiger partial charge in [-0.25, -0.2) is 13.2 Å². The molecule has 0 amide bonds. The molecule has 1 unspecified atom stereocenters. The fourth-order valence-corrected chi connectivity index (χ4v) is 4.61. The highest BCUT2D eigenvalue weighted by Crippen LogP contribution is 2.26. The van der Waals surface area contributed by atoms with Gasteiger partial charge in [0, 0.05) is 18.7 Å². The molecule has 28 heavy (non-hydrogen) atoms. The van der Waals surface area contributed by atoms with Crippen LogP contribution in [-0.4, -0.2) is 43.7 Å². The maximum Gasteiger partial charge on any atom is 0.338 e. The number of esters is 1. The van der Waals surface area contributed by atoms with Crippen LogP contribution in [0.1, 0.15) is 41.5 Å². The molecule has 0 radical (unpaired) electrons. The minimum atomic E-state index is -3.85. The van der Waals surface area contributed by atoms with Crippen LogP contribution in [0.2, 0.25) is 5.02 Å². The minimum absolute atomic E-state index is 0.00263. The fraction of sp³-hybridized carbons (Fsp3) is 0.300. The summed E-state index contributed by atoms with van der Waals surface area (Å²) >= 11 is 6.07. The zero-order valence-corrected chi connectivity index (χ0v) is 17.5. The topological polar surface area (TPSA) is 80.8 Å². The van der Waals surface area contributed by atoms with Crippen LogP contribution in [0.15, 0.2) is 53.4 Å². The predicted octanol–water partition coefficient (Wildman–Crippen LogP) is 3.80. The van der Waals surface area contributed by atoms with Gasteiger partial charge in [0.05, 0.1) is 10.6 Å². The largest absolute Gasteiger partial charge is 0.451 e. The molecule has 0 aliphatic carbocycles. The second kappa shape index (κ2) is 9.32. The van der Waals surface area contributed by atoms with Crippen LogP contribution in [0.3, 0.4) is 0 Å². The quantitative estimate of drug-likeness (QED) is 0.476. The number of carbonyl (C=O) groups excluding carboxylic acids is 2. The van der Waals surface area contributed by atoms with Crippen molar-refractivity contribution >= 4 is 33.4 Å². The molecule has 1 atom stereocenters. The predicted molar refractivity (Wildman–Crippen MR) is 107 cm³/mol. The van der Waals surface area contributed by atoms with E-state index in [1.54, 1.807) is 44.2 Å². The van der Waals surface area contributed by atoms with Crippen molar-refractivity contribution in [3.8, 4) is 0 Å². The monoisotopic (exact) mass is 423 g/mol. The number of ether oxygens (including phenoxy) is 1. The van der Waals surface area contributed by atoms with Crippen LogP contribution >= 0.6 is 11.6 Å². The molecule has 0 spiro atoms. The molecule has 0 saturated carbocycles. The lowest BCUT2D eigenvalue weighted by atomic mass is 10.1. The Morgan fingerprint density at radius 3 is 2.21 bits per heavy atom. The Hall–Kier alpha value is -2.22. The van der Waals surface area contributed by atoms with Gasteiger partial charge in [-0.3, -0.25) is 4.79 Å². The molecule has 8 heteroatoms. The van der Waals surface area contributed by atoms with Crippen LogP contribution in [-0.2, 0) is 14.8 Å². The summed E-state index contributed by atoms with van der Waals surface area (Å²) in [5.74, 6) is -1.15. The Balaban J connectivity index is 2.26. The van der Waals surface area contributed by atoms with Crippen LogP contribution in [0, 0.1) is 0 Å². The first kappa shape index (κ1) is 22.1. The van der Waals surface area contributed by atoms with E-state index in [0.717, 1.165) is 0 Å². The SMILES string of the molecule is CCN(CC)S(=O)(=O)c1cc(C(=O)OC(C)C(=O)c2ccccc2)ccc1Cl. The summed E-state index contributed by atoms with van der Waals surface area (Å²) in [5, 5.41) is 0.0110. The van der Waals surface area contributed by atoms with Crippen molar-refractivity contribution in [2.75, 3.05) is 13.1 Å². The molecule has 0 bridgehead atoms. The van der Waals surface area contributed by atoms with Crippen molar-refractivity contribution in [3.05, 3.63) is 64.7 Å². The average Bonchev–Trinajstić information content (AvgIpc) is 2.68. The normalized spacial score (nSPS) is 12.6. The molecular formula is C20H22ClNO5S. The highest BCUT2D eigenvalue weighted by molar-refractivity contribution is 7.89. The maximum atomic E-state index is 12.7. The zero-order chi connectivity index (χ0) is 20.9. The molecule has 0 fully saturated rings. The molecule has 6 nitrogen and oxygen atoms in total. The summed E-state index contributed by atoms with van der Waals surface area (Å²) in [5.41, 5.74) is 0.423. The Labute approximate surface area is 170 Å². The molecule has 2 aromatic carbocycles. The number of carbonyl (C=O) groups is 2. The average molecular weight is 424 g/mol. The summed E-state index contributed by atoms with van der Waals surface area (Å²) in [7, 11) is -3.85. The highest BCUT2D eigenvalue weighted by Gasteiger charge is 2.27. The van der Waals surface area contributed by atoms with Crippen LogP contribution < -0.4 is 0 Å². The van der Waals surface area contributed by atoms with Gasteiger partial charge in [0.2, 0.25) is 15.8 Å². The molecule has 2 aromatic rings. The molecule has 150 valence electrons. The molecule has 0 aromatic heterocycles. The molecule has 0 aliphatic heterocycles. The lowest BCUT2D eigenvalue weighted by molar-refractivity contribution is 0.0318. The Morgan fingerprint density at radius 1 is 1.04 bits per heavy atom. The van der Waals surface area contributed by atoms with Crippen molar-refractivity contribution < 1.29 is 22.7 Å². The highest BCUT2D eigenvalue weighted by atomic mass is 35.5. The number of Topliss-reactive ketones (excluding diaryl/α,β-unsaturated/α-hetero) is 1. The third-order valence-corrected chi connectivity index (χ3v) is 6.73. The van der Waals surface area contributed by atoms with Crippen molar-refractivity contribution in [2.45, 2.75) is 31.8 Å². The first-order chi connectivity index (χ1) is 13.2. The summed E-state index contributed by atoms with van der Waals surface area (Å²) < 4.78 is 32.0. The summed E-state index contributed by atoms with van der Waals surface area (Å²) in [6.07, 6.45) is -1.02. The van der Waals surface area contributed by atoms with Crippen molar-refractivity contribution in [1.82, 2.24) is 4.31 Å². The lowest BCUT2D eigenvalue weighted by Gasteiger charge is -2.19. The van der Waals surface area contributed by atoms with Crippen molar-refractivity contribution in [3.63, 3.8) is 0 Å². The van der Waals surface area contributed by atoms with Gasteiger partial charge < -0.3 is 4.74 Å². The van der Waals surface area contributed by atoms with Gasteiger partial charge in [0.25, 0.3) is 0 Å². The molecule has 0 N–H and O–H groups in total. The summed E-state index contributed by atoms with van der Waals surface area (Å²) in [6, 6.07) is 12.3. The van der Waals surface area contributed by atoms with E-state index < -0.39 is 22.1 Å². The number of hydrogen-bond acceptors (Lipinski definition) is 5. The van der Waals surface area contributed by atoms with Gasteiger partial charge in [0.15, 0.2) is 6.10 Å². The van der Waals surface area contributed by atoms with E-state index in [-0.39, 0.29) is 34.4 Å². The summed E-state index contributed by atoms with van der Waals surface area (Å²) in [6.45, 7) is 5.43. The van der Waals surface area contributed by atoms with E-state index in [2.05, 4.69) is 0 Å². The van der Waals surface area contributed by atoms with Crippen molar-refractivity contribution in [2.24, 2.45) is 0 Å².